The summed E-state index contributed by atoms with van der Waals surface area (Å²) in [6.07, 6.45) is 0.561. The fraction of sp³-hybridized carbons (Fsp3) is 0.429. The predicted molar refractivity (Wildman–Crippen MR) is 76.1 cm³/mol. The number of carbonyl (C=O) groups is 2. The summed E-state index contributed by atoms with van der Waals surface area (Å²) in [5.74, 6) is 5.17. The number of amides is 3. The van der Waals surface area contributed by atoms with Crippen molar-refractivity contribution in [3.8, 4) is 11.8 Å². The van der Waals surface area contributed by atoms with Crippen molar-refractivity contribution in [3.63, 3.8) is 0 Å². The summed E-state index contributed by atoms with van der Waals surface area (Å²) in [6, 6.07) is 1.48. The van der Waals surface area contributed by atoms with E-state index in [0.717, 1.165) is 10.4 Å². The molecule has 1 aliphatic heterocycles. The van der Waals surface area contributed by atoms with Crippen LogP contribution in [0.3, 0.4) is 0 Å². The molecule has 1 aromatic rings. The van der Waals surface area contributed by atoms with E-state index in [1.807, 2.05) is 18.4 Å². The smallest absolute Gasteiger partial charge is 0.325 e. The molecule has 2 heterocycles. The number of nitrogens with one attached hydrogen (secondary N) is 1. The molecule has 0 radical (unpaired) electrons. The van der Waals surface area contributed by atoms with E-state index in [0.29, 0.717) is 6.42 Å². The first-order valence-corrected chi connectivity index (χ1v) is 7.19. The van der Waals surface area contributed by atoms with Gasteiger partial charge in [-0.1, -0.05) is 18.8 Å². The maximum atomic E-state index is 12.2. The van der Waals surface area contributed by atoms with Crippen molar-refractivity contribution in [2.45, 2.75) is 32.4 Å². The van der Waals surface area contributed by atoms with Crippen LogP contribution < -0.4 is 5.32 Å². The van der Waals surface area contributed by atoms with Gasteiger partial charge in [-0.2, -0.15) is 0 Å². The van der Waals surface area contributed by atoms with Crippen LogP contribution in [0.15, 0.2) is 11.4 Å². The molecule has 2 rings (SSSR count). The molecule has 1 aliphatic rings. The molecule has 1 fully saturated rings. The number of aliphatic hydroxyl groups is 1. The Bertz CT molecular complexity index is 599. The van der Waals surface area contributed by atoms with Crippen molar-refractivity contribution < 1.29 is 14.7 Å². The Morgan fingerprint density at radius 3 is 2.85 bits per heavy atom. The van der Waals surface area contributed by atoms with Crippen molar-refractivity contribution in [2.24, 2.45) is 0 Å². The molecule has 20 heavy (non-hydrogen) atoms. The van der Waals surface area contributed by atoms with Gasteiger partial charge in [0.2, 0.25) is 0 Å². The van der Waals surface area contributed by atoms with Gasteiger partial charge in [0.05, 0.1) is 6.54 Å². The second kappa shape index (κ2) is 5.65. The zero-order valence-electron chi connectivity index (χ0n) is 11.4. The van der Waals surface area contributed by atoms with E-state index in [9.17, 15) is 9.59 Å². The highest BCUT2D eigenvalue weighted by molar-refractivity contribution is 7.10. The molecular formula is C14H16N2O3S. The predicted octanol–water partition coefficient (Wildman–Crippen LogP) is 1.31. The van der Waals surface area contributed by atoms with Crippen LogP contribution in [-0.2, 0) is 11.3 Å². The lowest BCUT2D eigenvalue weighted by molar-refractivity contribution is -0.131. The summed E-state index contributed by atoms with van der Waals surface area (Å²) in [5, 5.41) is 13.2. The summed E-state index contributed by atoms with van der Waals surface area (Å²) in [4.78, 5) is 26.2. The van der Waals surface area contributed by atoms with Gasteiger partial charge in [-0.05, 0) is 19.4 Å². The fourth-order valence-corrected chi connectivity index (χ4v) is 2.76. The van der Waals surface area contributed by atoms with Gasteiger partial charge in [0, 0.05) is 15.8 Å². The van der Waals surface area contributed by atoms with Gasteiger partial charge in [0.15, 0.2) is 0 Å². The van der Waals surface area contributed by atoms with Gasteiger partial charge in [-0.3, -0.25) is 9.69 Å². The SMILES string of the molecule is CCC1(C)NC(=O)N(Cc2cc(C#CCO)cs2)C1=O. The molecule has 1 saturated heterocycles. The van der Waals surface area contributed by atoms with E-state index in [1.54, 1.807) is 6.92 Å². The van der Waals surface area contributed by atoms with Gasteiger partial charge in [-0.15, -0.1) is 11.3 Å². The first kappa shape index (κ1) is 14.6. The molecule has 3 amide bonds. The van der Waals surface area contributed by atoms with Crippen LogP contribution in [0.25, 0.3) is 0 Å². The van der Waals surface area contributed by atoms with E-state index < -0.39 is 5.54 Å². The van der Waals surface area contributed by atoms with Gasteiger partial charge in [0.25, 0.3) is 5.91 Å². The Morgan fingerprint density at radius 2 is 2.25 bits per heavy atom. The van der Waals surface area contributed by atoms with Crippen LogP contribution in [-0.4, -0.2) is 34.1 Å². The molecule has 0 saturated carbocycles. The van der Waals surface area contributed by atoms with Gasteiger partial charge < -0.3 is 10.4 Å². The molecular weight excluding hydrogens is 276 g/mol. The standard InChI is InChI=1S/C14H16N2O3S/c1-3-14(2)12(18)16(13(19)15-14)8-11-7-10(9-20-11)5-4-6-17/h7,9,17H,3,6,8H2,1-2H3,(H,15,19). The number of carbonyl (C=O) groups excluding carboxylic acids is 2. The minimum atomic E-state index is -0.798. The third kappa shape index (κ3) is 2.69. The van der Waals surface area contributed by atoms with Crippen LogP contribution in [0.2, 0.25) is 0 Å². The fourth-order valence-electron chi connectivity index (χ4n) is 1.96. The molecule has 1 unspecified atom stereocenters. The Kier molecular flexibility index (Phi) is 4.12. The van der Waals surface area contributed by atoms with Crippen LogP contribution in [0.5, 0.6) is 0 Å². The van der Waals surface area contributed by atoms with Gasteiger partial charge in [-0.25, -0.2) is 4.79 Å². The Labute approximate surface area is 121 Å². The van der Waals surface area contributed by atoms with Crippen LogP contribution in [0.1, 0.15) is 30.7 Å². The molecule has 2 N–H and O–H groups in total. The highest BCUT2D eigenvalue weighted by Crippen LogP contribution is 2.24. The number of aliphatic hydroxyl groups excluding tert-OH is 1. The largest absolute Gasteiger partial charge is 0.384 e. The third-order valence-electron chi connectivity index (χ3n) is 3.33. The van der Waals surface area contributed by atoms with Crippen LogP contribution in [0.4, 0.5) is 4.79 Å². The lowest BCUT2D eigenvalue weighted by atomic mass is 9.99. The lowest BCUT2D eigenvalue weighted by Gasteiger charge is -2.18. The summed E-state index contributed by atoms with van der Waals surface area (Å²) >= 11 is 1.44. The lowest BCUT2D eigenvalue weighted by Crippen LogP contribution is -2.43. The topological polar surface area (TPSA) is 69.6 Å². The Hall–Kier alpha value is -1.84. The second-order valence-corrected chi connectivity index (χ2v) is 5.76. The zero-order chi connectivity index (χ0) is 14.8. The third-order valence-corrected chi connectivity index (χ3v) is 4.25. The summed E-state index contributed by atoms with van der Waals surface area (Å²) < 4.78 is 0. The maximum absolute atomic E-state index is 12.2. The van der Waals surface area contributed by atoms with E-state index in [2.05, 4.69) is 17.2 Å². The summed E-state index contributed by atoms with van der Waals surface area (Å²) in [7, 11) is 0. The molecule has 5 nitrogen and oxygen atoms in total. The second-order valence-electron chi connectivity index (χ2n) is 4.77. The van der Waals surface area contributed by atoms with Crippen molar-refractivity contribution in [1.29, 1.82) is 0 Å². The number of imide groups is 1. The quantitative estimate of drug-likeness (QED) is 0.652. The van der Waals surface area contributed by atoms with Gasteiger partial charge >= 0.3 is 6.03 Å². The number of rotatable bonds is 3. The average molecular weight is 292 g/mol. The summed E-state index contributed by atoms with van der Waals surface area (Å²) in [5.41, 5.74) is -0.0159. The first-order chi connectivity index (χ1) is 9.50. The Balaban J connectivity index is 2.12. The molecule has 0 bridgehead atoms. The Morgan fingerprint density at radius 1 is 1.50 bits per heavy atom. The minimum absolute atomic E-state index is 0.187. The molecule has 106 valence electrons. The van der Waals surface area contributed by atoms with E-state index in [-0.39, 0.29) is 25.1 Å². The number of hydrogen-bond donors (Lipinski definition) is 2. The summed E-state index contributed by atoms with van der Waals surface area (Å²) in [6.45, 7) is 3.67. The average Bonchev–Trinajstić information content (AvgIpc) is 2.96. The number of hydrogen-bond acceptors (Lipinski definition) is 4. The zero-order valence-corrected chi connectivity index (χ0v) is 12.2. The first-order valence-electron chi connectivity index (χ1n) is 6.31. The van der Waals surface area contributed by atoms with Crippen LogP contribution >= 0.6 is 11.3 Å². The molecule has 0 spiro atoms. The highest BCUT2D eigenvalue weighted by atomic mass is 32.1. The van der Waals surface area contributed by atoms with E-state index in [4.69, 9.17) is 5.11 Å². The van der Waals surface area contributed by atoms with Gasteiger partial charge in [0.1, 0.15) is 12.1 Å². The number of urea groups is 1. The highest BCUT2D eigenvalue weighted by Gasteiger charge is 2.46. The molecule has 0 aromatic carbocycles. The van der Waals surface area contributed by atoms with Crippen molar-refractivity contribution >= 4 is 23.3 Å². The van der Waals surface area contributed by atoms with Crippen LogP contribution in [0, 0.1) is 11.8 Å². The molecule has 0 aliphatic carbocycles. The van der Waals surface area contributed by atoms with E-state index in [1.165, 1.54) is 16.2 Å². The maximum Gasteiger partial charge on any atom is 0.325 e. The number of thiophene rings is 1. The van der Waals surface area contributed by atoms with Crippen molar-refractivity contribution in [2.75, 3.05) is 6.61 Å². The van der Waals surface area contributed by atoms with E-state index >= 15 is 0 Å². The van der Waals surface area contributed by atoms with Crippen molar-refractivity contribution in [3.05, 3.63) is 21.9 Å². The molecule has 1 aromatic heterocycles. The molecule has 6 heteroatoms. The van der Waals surface area contributed by atoms with Crippen molar-refractivity contribution in [1.82, 2.24) is 10.2 Å². The minimum Gasteiger partial charge on any atom is -0.384 e. The monoisotopic (exact) mass is 292 g/mol. The number of nitrogens with zero attached hydrogens (tertiary/aromatic N) is 1. The molecule has 1 atom stereocenters. The normalized spacial score (nSPS) is 21.6.